The van der Waals surface area contributed by atoms with Crippen LogP contribution in [-0.2, 0) is 17.3 Å². The number of hydrogen-bond donors (Lipinski definition) is 1. The van der Waals surface area contributed by atoms with Crippen LogP contribution in [0.25, 0.3) is 0 Å². The largest absolute Gasteiger partial charge is 0.507 e. The van der Waals surface area contributed by atoms with Crippen molar-refractivity contribution in [3.05, 3.63) is 40.2 Å². The lowest BCUT2D eigenvalue weighted by Gasteiger charge is -2.13. The normalized spacial score (nSPS) is 14.4. The lowest BCUT2D eigenvalue weighted by molar-refractivity contribution is -0.138. The third kappa shape index (κ3) is 2.65. The summed E-state index contributed by atoms with van der Waals surface area (Å²) in [4.78, 5) is 23.8. The molecule has 0 saturated heterocycles. The highest BCUT2D eigenvalue weighted by Gasteiger charge is 2.46. The summed E-state index contributed by atoms with van der Waals surface area (Å²) in [6, 6.07) is 0. The van der Waals surface area contributed by atoms with Gasteiger partial charge in [-0.3, -0.25) is 4.79 Å². The maximum atomic E-state index is 13.2. The van der Waals surface area contributed by atoms with Gasteiger partial charge in [0.2, 0.25) is 11.5 Å². The molecule has 0 saturated carbocycles. The van der Waals surface area contributed by atoms with Crippen molar-refractivity contribution >= 4 is 11.8 Å². The average Bonchev–Trinajstić information content (AvgIpc) is 2.83. The minimum atomic E-state index is -4.96. The van der Waals surface area contributed by atoms with Gasteiger partial charge in [-0.15, -0.1) is 0 Å². The van der Waals surface area contributed by atoms with Crippen LogP contribution in [0.5, 0.6) is 0 Å². The number of furan rings is 1. The smallest absolute Gasteiger partial charge is 0.421 e. The first kappa shape index (κ1) is 15.9. The zero-order chi connectivity index (χ0) is 16.5. The molecule has 1 aliphatic rings. The molecule has 1 heterocycles. The summed E-state index contributed by atoms with van der Waals surface area (Å²) in [7, 11) is 0. The zero-order valence-corrected chi connectivity index (χ0v) is 11.4. The molecule has 22 heavy (non-hydrogen) atoms. The van der Waals surface area contributed by atoms with Crippen LogP contribution < -0.4 is 0 Å². The van der Waals surface area contributed by atoms with E-state index in [0.717, 1.165) is 0 Å². The van der Waals surface area contributed by atoms with Crippen LogP contribution in [0.3, 0.4) is 0 Å². The molecule has 0 aliphatic heterocycles. The molecule has 118 valence electrons. The number of ketones is 1. The molecule has 2 rings (SSSR count). The standard InChI is InChI=1S/C14H11F3O5/c1-2-21-13(20)12-10(14(15,16)17)9-8(22-12)4-3-7(5-6-18)11(9)19/h6,18H,2-4H2,1H3. The van der Waals surface area contributed by atoms with Gasteiger partial charge in [0, 0.05) is 12.0 Å². The Balaban J connectivity index is 2.68. The molecule has 0 fully saturated rings. The predicted molar refractivity (Wildman–Crippen MR) is 66.5 cm³/mol. The van der Waals surface area contributed by atoms with E-state index >= 15 is 0 Å². The Morgan fingerprint density at radius 2 is 2.14 bits per heavy atom. The van der Waals surface area contributed by atoms with Crippen LogP contribution in [0.4, 0.5) is 13.2 Å². The van der Waals surface area contributed by atoms with Gasteiger partial charge in [0.25, 0.3) is 0 Å². The van der Waals surface area contributed by atoms with Crippen LogP contribution >= 0.6 is 0 Å². The second kappa shape index (κ2) is 5.73. The first-order chi connectivity index (χ1) is 10.3. The minimum absolute atomic E-state index is 0.0142. The first-order valence-corrected chi connectivity index (χ1v) is 6.34. The number of allylic oxidation sites excluding steroid dienone is 1. The van der Waals surface area contributed by atoms with Gasteiger partial charge in [-0.2, -0.15) is 13.2 Å². The van der Waals surface area contributed by atoms with Crippen LogP contribution in [0.15, 0.2) is 22.0 Å². The number of aryl methyl sites for hydroxylation is 1. The molecule has 1 aromatic rings. The Hall–Kier alpha value is -2.47. The summed E-state index contributed by atoms with van der Waals surface area (Å²) >= 11 is 0. The van der Waals surface area contributed by atoms with E-state index in [2.05, 4.69) is 10.5 Å². The maximum absolute atomic E-state index is 13.2. The van der Waals surface area contributed by atoms with E-state index in [4.69, 9.17) is 9.52 Å². The monoisotopic (exact) mass is 316 g/mol. The highest BCUT2D eigenvalue weighted by atomic mass is 19.4. The lowest BCUT2D eigenvalue weighted by atomic mass is 9.89. The summed E-state index contributed by atoms with van der Waals surface area (Å²) in [5, 5.41) is 8.65. The molecule has 1 aliphatic carbocycles. The number of Topliss-reactive ketones (excluding diaryl/α,β-unsaturated/α-hetero) is 1. The summed E-state index contributed by atoms with van der Waals surface area (Å²) in [5.41, 5.74) is -0.0825. The zero-order valence-electron chi connectivity index (χ0n) is 11.4. The Kier molecular flexibility index (Phi) is 4.14. The first-order valence-electron chi connectivity index (χ1n) is 6.34. The van der Waals surface area contributed by atoms with Crippen molar-refractivity contribution in [2.75, 3.05) is 6.61 Å². The quantitative estimate of drug-likeness (QED) is 0.392. The van der Waals surface area contributed by atoms with Gasteiger partial charge >= 0.3 is 12.1 Å². The fourth-order valence-corrected chi connectivity index (χ4v) is 2.22. The van der Waals surface area contributed by atoms with Crippen molar-refractivity contribution in [2.24, 2.45) is 0 Å². The second-order valence-corrected chi connectivity index (χ2v) is 4.40. The molecule has 0 atom stereocenters. The number of alkyl halides is 3. The number of fused-ring (bicyclic) bond motifs is 1. The summed E-state index contributed by atoms with van der Waals surface area (Å²) in [5.74, 6) is -3.50. The van der Waals surface area contributed by atoms with E-state index in [-0.39, 0.29) is 30.8 Å². The number of halogens is 3. The van der Waals surface area contributed by atoms with Crippen molar-refractivity contribution in [2.45, 2.75) is 25.9 Å². The Morgan fingerprint density at radius 3 is 2.68 bits per heavy atom. The lowest BCUT2D eigenvalue weighted by Crippen LogP contribution is -2.19. The fourth-order valence-electron chi connectivity index (χ4n) is 2.22. The average molecular weight is 316 g/mol. The molecule has 1 N–H and O–H groups in total. The summed E-state index contributed by atoms with van der Waals surface area (Å²) in [6.07, 6.45) is -4.46. The Bertz CT molecular complexity index is 690. The Morgan fingerprint density at radius 1 is 1.45 bits per heavy atom. The number of aliphatic hydroxyl groups excluding tert-OH is 1. The van der Waals surface area contributed by atoms with Crippen molar-refractivity contribution in [1.29, 1.82) is 0 Å². The van der Waals surface area contributed by atoms with Crippen LogP contribution in [0.1, 0.15) is 45.6 Å². The van der Waals surface area contributed by atoms with Crippen LogP contribution in [-0.4, -0.2) is 23.5 Å². The van der Waals surface area contributed by atoms with E-state index in [1.165, 1.54) is 6.92 Å². The number of carbonyl (C=O) groups is 2. The number of hydrogen-bond acceptors (Lipinski definition) is 5. The SMILES string of the molecule is CCOC(=O)c1oc2c(c1C(F)(F)F)C(=O)C(=C=CO)CC2. The van der Waals surface area contributed by atoms with Crippen molar-refractivity contribution < 1.29 is 37.0 Å². The van der Waals surface area contributed by atoms with Gasteiger partial charge in [-0.05, 0) is 13.3 Å². The second-order valence-electron chi connectivity index (χ2n) is 4.40. The predicted octanol–water partition coefficient (Wildman–Crippen LogP) is 3.20. The Labute approximate surface area is 122 Å². The number of rotatable bonds is 2. The highest BCUT2D eigenvalue weighted by molar-refractivity contribution is 6.12. The molecule has 1 aromatic heterocycles. The van der Waals surface area contributed by atoms with Crippen molar-refractivity contribution in [3.8, 4) is 0 Å². The van der Waals surface area contributed by atoms with Crippen LogP contribution in [0, 0.1) is 0 Å². The number of ether oxygens (including phenoxy) is 1. The molecular formula is C14H11F3O5. The van der Waals surface area contributed by atoms with E-state index in [1.54, 1.807) is 0 Å². The number of aliphatic hydroxyl groups is 1. The van der Waals surface area contributed by atoms with Gasteiger partial charge < -0.3 is 14.3 Å². The fraction of sp³-hybridized carbons (Fsp3) is 0.357. The number of carbonyl (C=O) groups excluding carboxylic acids is 2. The van der Waals surface area contributed by atoms with E-state index in [0.29, 0.717) is 6.26 Å². The maximum Gasteiger partial charge on any atom is 0.421 e. The van der Waals surface area contributed by atoms with E-state index in [9.17, 15) is 22.8 Å². The molecule has 0 spiro atoms. The molecule has 5 nitrogen and oxygen atoms in total. The summed E-state index contributed by atoms with van der Waals surface area (Å²) < 4.78 is 49.2. The molecule has 0 bridgehead atoms. The van der Waals surface area contributed by atoms with Crippen molar-refractivity contribution in [3.63, 3.8) is 0 Å². The highest BCUT2D eigenvalue weighted by Crippen LogP contribution is 2.41. The minimum Gasteiger partial charge on any atom is -0.507 e. The van der Waals surface area contributed by atoms with E-state index < -0.39 is 34.8 Å². The third-order valence-corrected chi connectivity index (χ3v) is 3.07. The molecule has 0 unspecified atom stereocenters. The molecular weight excluding hydrogens is 305 g/mol. The van der Waals surface area contributed by atoms with E-state index in [1.807, 2.05) is 0 Å². The topological polar surface area (TPSA) is 76.7 Å². The molecule has 0 radical (unpaired) electrons. The van der Waals surface area contributed by atoms with Gasteiger partial charge in [-0.1, -0.05) is 5.73 Å². The molecule has 8 heteroatoms. The van der Waals surface area contributed by atoms with Gasteiger partial charge in [0.15, 0.2) is 0 Å². The van der Waals surface area contributed by atoms with Crippen molar-refractivity contribution in [1.82, 2.24) is 0 Å². The third-order valence-electron chi connectivity index (χ3n) is 3.07. The van der Waals surface area contributed by atoms with Gasteiger partial charge in [0.05, 0.1) is 12.2 Å². The summed E-state index contributed by atoms with van der Waals surface area (Å²) in [6.45, 7) is 1.31. The molecule has 0 amide bonds. The van der Waals surface area contributed by atoms with Gasteiger partial charge in [-0.25, -0.2) is 4.79 Å². The number of esters is 1. The molecule has 0 aromatic carbocycles. The van der Waals surface area contributed by atoms with Crippen LogP contribution in [0.2, 0.25) is 0 Å². The van der Waals surface area contributed by atoms with Gasteiger partial charge in [0.1, 0.15) is 17.6 Å².